The zero-order chi connectivity index (χ0) is 14.9. The van der Waals surface area contributed by atoms with Gasteiger partial charge in [0.2, 0.25) is 10.0 Å². The van der Waals surface area contributed by atoms with Gasteiger partial charge in [-0.15, -0.1) is 0 Å². The van der Waals surface area contributed by atoms with E-state index >= 15 is 0 Å². The number of aromatic nitrogens is 1. The Balaban J connectivity index is 2.47. The number of anilines is 1. The number of sulfonamides is 1. The number of aromatic amines is 1. The first kappa shape index (κ1) is 14.8. The van der Waals surface area contributed by atoms with Crippen LogP contribution < -0.4 is 5.73 Å². The molecule has 6 nitrogen and oxygen atoms in total. The van der Waals surface area contributed by atoms with E-state index in [1.54, 1.807) is 39.3 Å². The predicted octanol–water partition coefficient (Wildman–Crippen LogP) is 1.41. The molecule has 0 aliphatic heterocycles. The van der Waals surface area contributed by atoms with Crippen LogP contribution in [0.4, 0.5) is 5.69 Å². The number of nitrogens with zero attached hydrogens (tertiary/aromatic N) is 1. The number of nitrogen functional groups attached to an aromatic ring is 1. The number of likely N-dealkylation sites (N-methyl/N-ethyl adjacent to an activating group) is 1. The third-order valence-corrected chi connectivity index (χ3v) is 5.37. The van der Waals surface area contributed by atoms with Gasteiger partial charge in [0.25, 0.3) is 0 Å². The molecular weight excluding hydrogens is 278 g/mol. The van der Waals surface area contributed by atoms with Crippen LogP contribution in [0, 0.1) is 0 Å². The maximum absolute atomic E-state index is 12.6. The van der Waals surface area contributed by atoms with Crippen molar-refractivity contribution in [3.63, 3.8) is 0 Å². The molecule has 3 N–H and O–H groups in total. The van der Waals surface area contributed by atoms with Crippen molar-refractivity contribution in [2.75, 3.05) is 26.5 Å². The quantitative estimate of drug-likeness (QED) is 0.817. The number of nitrogens with two attached hydrogens (primary N) is 1. The van der Waals surface area contributed by atoms with E-state index in [0.717, 1.165) is 0 Å². The highest BCUT2D eigenvalue weighted by Crippen LogP contribution is 2.27. The van der Waals surface area contributed by atoms with Gasteiger partial charge >= 0.3 is 0 Å². The van der Waals surface area contributed by atoms with Crippen LogP contribution in [0.5, 0.6) is 0 Å². The number of hydrogen-bond acceptors (Lipinski definition) is 4. The Morgan fingerprint density at radius 2 is 2.15 bits per heavy atom. The normalized spacial score (nSPS) is 14.0. The third kappa shape index (κ3) is 2.52. The number of fused-ring (bicyclic) bond motifs is 1. The van der Waals surface area contributed by atoms with Crippen LogP contribution in [0.2, 0.25) is 0 Å². The maximum Gasteiger partial charge on any atom is 0.245 e. The van der Waals surface area contributed by atoms with Crippen LogP contribution in [0.15, 0.2) is 29.3 Å². The minimum atomic E-state index is -3.58. The van der Waals surface area contributed by atoms with Crippen LogP contribution in [-0.4, -0.2) is 44.5 Å². The number of nitrogens with one attached hydrogen (secondary N) is 1. The summed E-state index contributed by atoms with van der Waals surface area (Å²) >= 11 is 0. The summed E-state index contributed by atoms with van der Waals surface area (Å²) < 4.78 is 31.6. The van der Waals surface area contributed by atoms with Crippen LogP contribution >= 0.6 is 0 Å². The molecule has 1 aromatic carbocycles. The van der Waals surface area contributed by atoms with Gasteiger partial charge in [0.05, 0.1) is 6.61 Å². The molecule has 0 bridgehead atoms. The Morgan fingerprint density at radius 1 is 1.45 bits per heavy atom. The molecule has 7 heteroatoms. The topological polar surface area (TPSA) is 88.4 Å². The number of benzene rings is 1. The summed E-state index contributed by atoms with van der Waals surface area (Å²) in [5, 5.41) is 0.635. The molecular formula is C13H19N3O3S. The number of H-pyrrole nitrogens is 1. The first-order valence-electron chi connectivity index (χ1n) is 6.21. The zero-order valence-electron chi connectivity index (χ0n) is 11.8. The molecule has 0 radical (unpaired) electrons. The van der Waals surface area contributed by atoms with Crippen LogP contribution in [0.1, 0.15) is 6.92 Å². The molecule has 0 aliphatic rings. The van der Waals surface area contributed by atoms with E-state index in [2.05, 4.69) is 4.98 Å². The van der Waals surface area contributed by atoms with Crippen LogP contribution in [-0.2, 0) is 14.8 Å². The molecule has 1 unspecified atom stereocenters. The number of hydrogen-bond donors (Lipinski definition) is 2. The van der Waals surface area contributed by atoms with Crippen LogP contribution in [0.3, 0.4) is 0 Å². The summed E-state index contributed by atoms with van der Waals surface area (Å²) in [5.74, 6) is 0. The Morgan fingerprint density at radius 3 is 2.80 bits per heavy atom. The van der Waals surface area contributed by atoms with E-state index in [1.807, 2.05) is 0 Å². The highest BCUT2D eigenvalue weighted by molar-refractivity contribution is 7.89. The Bertz CT molecular complexity index is 709. The molecule has 20 heavy (non-hydrogen) atoms. The van der Waals surface area contributed by atoms with E-state index < -0.39 is 10.0 Å². The molecule has 1 atom stereocenters. The highest BCUT2D eigenvalue weighted by atomic mass is 32.2. The van der Waals surface area contributed by atoms with E-state index in [9.17, 15) is 8.42 Å². The minimum absolute atomic E-state index is 0.247. The Kier molecular flexibility index (Phi) is 4.03. The summed E-state index contributed by atoms with van der Waals surface area (Å²) in [4.78, 5) is 3.19. The van der Waals surface area contributed by atoms with Crippen molar-refractivity contribution in [3.05, 3.63) is 24.4 Å². The van der Waals surface area contributed by atoms with E-state index in [0.29, 0.717) is 23.2 Å². The lowest BCUT2D eigenvalue weighted by molar-refractivity contribution is 0.149. The van der Waals surface area contributed by atoms with Gasteiger partial charge in [-0.05, 0) is 25.1 Å². The van der Waals surface area contributed by atoms with Gasteiger partial charge < -0.3 is 15.5 Å². The molecule has 110 valence electrons. The molecule has 2 aromatic rings. The number of rotatable bonds is 5. The molecule has 0 fully saturated rings. The lowest BCUT2D eigenvalue weighted by Gasteiger charge is -2.23. The van der Waals surface area contributed by atoms with Crippen molar-refractivity contribution in [2.45, 2.75) is 17.9 Å². The Hall–Kier alpha value is -1.57. The minimum Gasteiger partial charge on any atom is -0.399 e. The molecule has 1 heterocycles. The predicted molar refractivity (Wildman–Crippen MR) is 79.0 cm³/mol. The molecule has 0 saturated heterocycles. The molecule has 0 aliphatic carbocycles. The average Bonchev–Trinajstić information content (AvgIpc) is 2.81. The molecule has 0 amide bonds. The van der Waals surface area contributed by atoms with Crippen molar-refractivity contribution in [1.82, 2.24) is 9.29 Å². The molecule has 0 spiro atoms. The first-order valence-corrected chi connectivity index (χ1v) is 7.65. The fourth-order valence-electron chi connectivity index (χ4n) is 2.07. The average molecular weight is 297 g/mol. The van der Waals surface area contributed by atoms with Gasteiger partial charge in [-0.25, -0.2) is 8.42 Å². The number of methoxy groups -OCH3 is 1. The smallest absolute Gasteiger partial charge is 0.245 e. The van der Waals surface area contributed by atoms with Gasteiger partial charge in [0.1, 0.15) is 4.90 Å². The van der Waals surface area contributed by atoms with Crippen molar-refractivity contribution >= 4 is 26.6 Å². The van der Waals surface area contributed by atoms with Crippen molar-refractivity contribution < 1.29 is 13.2 Å². The lowest BCUT2D eigenvalue weighted by atomic mass is 10.2. The highest BCUT2D eigenvalue weighted by Gasteiger charge is 2.27. The van der Waals surface area contributed by atoms with Gasteiger partial charge in [-0.3, -0.25) is 0 Å². The molecule has 1 aromatic heterocycles. The summed E-state index contributed by atoms with van der Waals surface area (Å²) in [6.07, 6.45) is 1.50. The van der Waals surface area contributed by atoms with E-state index in [-0.39, 0.29) is 10.9 Å². The number of ether oxygens (including phenoxy) is 1. The SMILES string of the molecule is COCC(C)N(C)S(=O)(=O)c1c[nH]c2cc(N)ccc12. The van der Waals surface area contributed by atoms with E-state index in [1.165, 1.54) is 10.5 Å². The maximum atomic E-state index is 12.6. The summed E-state index contributed by atoms with van der Waals surface area (Å²) in [5.41, 5.74) is 6.99. The second kappa shape index (κ2) is 5.43. The largest absolute Gasteiger partial charge is 0.399 e. The molecule has 0 saturated carbocycles. The van der Waals surface area contributed by atoms with Crippen molar-refractivity contribution in [1.29, 1.82) is 0 Å². The first-order chi connectivity index (χ1) is 9.37. The van der Waals surface area contributed by atoms with Gasteiger partial charge in [0.15, 0.2) is 0 Å². The summed E-state index contributed by atoms with van der Waals surface area (Å²) in [6, 6.07) is 4.87. The lowest BCUT2D eigenvalue weighted by Crippen LogP contribution is -2.37. The second-order valence-electron chi connectivity index (χ2n) is 4.78. The van der Waals surface area contributed by atoms with Gasteiger partial charge in [-0.1, -0.05) is 0 Å². The van der Waals surface area contributed by atoms with Gasteiger partial charge in [0, 0.05) is 43.0 Å². The van der Waals surface area contributed by atoms with Crippen molar-refractivity contribution in [2.24, 2.45) is 0 Å². The third-order valence-electron chi connectivity index (χ3n) is 3.35. The summed E-state index contributed by atoms with van der Waals surface area (Å²) in [6.45, 7) is 2.14. The standard InChI is InChI=1S/C13H19N3O3S/c1-9(8-19-3)16(2)20(17,18)13-7-15-12-6-10(14)4-5-11(12)13/h4-7,9,15H,8,14H2,1-3H3. The fraction of sp³-hybridized carbons (Fsp3) is 0.385. The zero-order valence-corrected chi connectivity index (χ0v) is 12.6. The monoisotopic (exact) mass is 297 g/mol. The molecule has 2 rings (SSSR count). The Labute approximate surface area is 118 Å². The van der Waals surface area contributed by atoms with Crippen molar-refractivity contribution in [3.8, 4) is 0 Å². The summed E-state index contributed by atoms with van der Waals surface area (Å²) in [7, 11) is -0.477. The van der Waals surface area contributed by atoms with E-state index in [4.69, 9.17) is 10.5 Å². The van der Waals surface area contributed by atoms with Gasteiger partial charge in [-0.2, -0.15) is 4.31 Å². The second-order valence-corrected chi connectivity index (χ2v) is 6.75. The van der Waals surface area contributed by atoms with Crippen LogP contribution in [0.25, 0.3) is 10.9 Å². The fourth-order valence-corrected chi connectivity index (χ4v) is 3.58.